The third-order valence-corrected chi connectivity index (χ3v) is 5.69. The van der Waals surface area contributed by atoms with Gasteiger partial charge in [0.1, 0.15) is 0 Å². The first-order chi connectivity index (χ1) is 13.8. The van der Waals surface area contributed by atoms with Crippen molar-refractivity contribution >= 4 is 17.5 Å². The number of carbonyl (C=O) groups is 2. The first kappa shape index (κ1) is 21.1. The van der Waals surface area contributed by atoms with Gasteiger partial charge < -0.3 is 15.2 Å². The average molecular weight is 397 g/mol. The van der Waals surface area contributed by atoms with Gasteiger partial charge in [-0.25, -0.2) is 4.98 Å². The molecule has 1 atom stereocenters. The molecule has 2 aromatic rings. The standard InChI is InChI=1S/C23H32N4O2/c1-6-16(5)24-23(29)21-25-20(18-12-7-8-13-27(18)21)22(28)26-19-15(4)10-9-11-17(19)14(2)3/h9-11,14,16H,6-8,12-13H2,1-5H3,(H,24,29)(H,26,28). The highest BCUT2D eigenvalue weighted by Crippen LogP contribution is 2.29. The Hall–Kier alpha value is -2.63. The molecule has 0 spiro atoms. The summed E-state index contributed by atoms with van der Waals surface area (Å²) >= 11 is 0. The second-order valence-electron chi connectivity index (χ2n) is 8.27. The molecule has 29 heavy (non-hydrogen) atoms. The maximum absolute atomic E-state index is 13.2. The van der Waals surface area contributed by atoms with Crippen molar-refractivity contribution < 1.29 is 9.59 Å². The second-order valence-corrected chi connectivity index (χ2v) is 8.27. The van der Waals surface area contributed by atoms with Crippen molar-refractivity contribution in [1.82, 2.24) is 14.9 Å². The highest BCUT2D eigenvalue weighted by Gasteiger charge is 2.28. The van der Waals surface area contributed by atoms with Gasteiger partial charge in [0.05, 0.1) is 5.69 Å². The van der Waals surface area contributed by atoms with E-state index >= 15 is 0 Å². The van der Waals surface area contributed by atoms with E-state index < -0.39 is 0 Å². The van der Waals surface area contributed by atoms with Gasteiger partial charge in [0.15, 0.2) is 11.5 Å². The van der Waals surface area contributed by atoms with E-state index in [-0.39, 0.29) is 23.8 Å². The zero-order valence-electron chi connectivity index (χ0n) is 18.1. The van der Waals surface area contributed by atoms with Gasteiger partial charge in [-0.15, -0.1) is 0 Å². The monoisotopic (exact) mass is 396 g/mol. The fourth-order valence-corrected chi connectivity index (χ4v) is 3.80. The van der Waals surface area contributed by atoms with Crippen LogP contribution in [-0.4, -0.2) is 27.4 Å². The number of amides is 2. The number of anilines is 1. The molecule has 156 valence electrons. The molecule has 0 saturated carbocycles. The molecule has 2 N–H and O–H groups in total. The fraction of sp³-hybridized carbons (Fsp3) is 0.522. The molecule has 6 heteroatoms. The van der Waals surface area contributed by atoms with Crippen molar-refractivity contribution in [1.29, 1.82) is 0 Å². The van der Waals surface area contributed by atoms with Gasteiger partial charge in [-0.3, -0.25) is 9.59 Å². The van der Waals surface area contributed by atoms with E-state index in [1.807, 2.05) is 43.5 Å². The Labute approximate surface area is 173 Å². The van der Waals surface area contributed by atoms with E-state index in [9.17, 15) is 9.59 Å². The normalized spacial score (nSPS) is 14.4. The Morgan fingerprint density at radius 2 is 1.93 bits per heavy atom. The van der Waals surface area contributed by atoms with Crippen LogP contribution in [-0.2, 0) is 13.0 Å². The minimum atomic E-state index is -0.241. The van der Waals surface area contributed by atoms with E-state index in [4.69, 9.17) is 0 Å². The molecule has 1 unspecified atom stereocenters. The third-order valence-electron chi connectivity index (χ3n) is 5.69. The molecule has 0 bridgehead atoms. The van der Waals surface area contributed by atoms with E-state index in [1.165, 1.54) is 0 Å². The Bertz CT molecular complexity index is 914. The molecule has 0 aliphatic carbocycles. The average Bonchev–Trinajstić information content (AvgIpc) is 3.09. The lowest BCUT2D eigenvalue weighted by Gasteiger charge is -2.19. The smallest absolute Gasteiger partial charge is 0.287 e. The van der Waals surface area contributed by atoms with Crippen molar-refractivity contribution in [3.63, 3.8) is 0 Å². The van der Waals surface area contributed by atoms with Gasteiger partial charge in [-0.1, -0.05) is 39.0 Å². The number of rotatable bonds is 6. The number of carbonyl (C=O) groups excluding carboxylic acids is 2. The molecule has 3 rings (SSSR count). The number of aryl methyl sites for hydroxylation is 1. The Balaban J connectivity index is 1.95. The number of hydrogen-bond acceptors (Lipinski definition) is 3. The lowest BCUT2D eigenvalue weighted by atomic mass is 9.98. The number of hydrogen-bond donors (Lipinski definition) is 2. The summed E-state index contributed by atoms with van der Waals surface area (Å²) in [5, 5.41) is 6.06. The lowest BCUT2D eigenvalue weighted by Crippen LogP contribution is -2.34. The quantitative estimate of drug-likeness (QED) is 0.758. The molecule has 0 radical (unpaired) electrons. The van der Waals surface area contributed by atoms with Crippen LogP contribution in [0.15, 0.2) is 18.2 Å². The van der Waals surface area contributed by atoms with Crippen LogP contribution < -0.4 is 10.6 Å². The van der Waals surface area contributed by atoms with E-state index in [1.54, 1.807) is 0 Å². The lowest BCUT2D eigenvalue weighted by molar-refractivity contribution is 0.0923. The van der Waals surface area contributed by atoms with Gasteiger partial charge in [0.25, 0.3) is 11.8 Å². The second kappa shape index (κ2) is 8.80. The third kappa shape index (κ3) is 4.36. The Morgan fingerprint density at radius 1 is 1.17 bits per heavy atom. The molecular weight excluding hydrogens is 364 g/mol. The van der Waals surface area contributed by atoms with Gasteiger partial charge in [0, 0.05) is 18.3 Å². The van der Waals surface area contributed by atoms with Crippen molar-refractivity contribution in [2.75, 3.05) is 5.32 Å². The van der Waals surface area contributed by atoms with Crippen LogP contribution in [0, 0.1) is 6.92 Å². The van der Waals surface area contributed by atoms with E-state index in [0.29, 0.717) is 11.5 Å². The van der Waals surface area contributed by atoms with Crippen LogP contribution in [0.3, 0.4) is 0 Å². The molecule has 1 aliphatic heterocycles. The zero-order valence-corrected chi connectivity index (χ0v) is 18.1. The summed E-state index contributed by atoms with van der Waals surface area (Å²) in [6.45, 7) is 10.9. The largest absolute Gasteiger partial charge is 0.347 e. The fourth-order valence-electron chi connectivity index (χ4n) is 3.80. The number of para-hydroxylation sites is 1. The molecule has 1 aliphatic rings. The van der Waals surface area contributed by atoms with Crippen LogP contribution in [0.25, 0.3) is 0 Å². The molecule has 2 heterocycles. The first-order valence-corrected chi connectivity index (χ1v) is 10.6. The van der Waals surface area contributed by atoms with Crippen LogP contribution in [0.5, 0.6) is 0 Å². The molecule has 0 saturated heterocycles. The summed E-state index contributed by atoms with van der Waals surface area (Å²) in [5.41, 5.74) is 4.20. The van der Waals surface area contributed by atoms with Gasteiger partial charge >= 0.3 is 0 Å². The molecule has 0 fully saturated rings. The number of nitrogens with one attached hydrogen (secondary N) is 2. The topological polar surface area (TPSA) is 76.0 Å². The number of aromatic nitrogens is 2. The van der Waals surface area contributed by atoms with E-state index in [0.717, 1.165) is 54.7 Å². The van der Waals surface area contributed by atoms with Crippen LogP contribution in [0.4, 0.5) is 5.69 Å². The summed E-state index contributed by atoms with van der Waals surface area (Å²) in [5.74, 6) is 0.187. The summed E-state index contributed by atoms with van der Waals surface area (Å²) in [7, 11) is 0. The van der Waals surface area contributed by atoms with Crippen molar-refractivity contribution in [3.05, 3.63) is 46.5 Å². The highest BCUT2D eigenvalue weighted by atomic mass is 16.2. The highest BCUT2D eigenvalue weighted by molar-refractivity contribution is 6.05. The summed E-state index contributed by atoms with van der Waals surface area (Å²) in [6, 6.07) is 6.11. The minimum Gasteiger partial charge on any atom is -0.347 e. The van der Waals surface area contributed by atoms with Crippen LogP contribution in [0.2, 0.25) is 0 Å². The Morgan fingerprint density at radius 3 is 2.62 bits per heavy atom. The number of nitrogens with zero attached hydrogens (tertiary/aromatic N) is 2. The van der Waals surface area contributed by atoms with Gasteiger partial charge in [-0.2, -0.15) is 0 Å². The molecule has 1 aromatic carbocycles. The summed E-state index contributed by atoms with van der Waals surface area (Å²) in [6.07, 6.45) is 3.60. The van der Waals surface area contributed by atoms with Crippen molar-refractivity contribution in [2.24, 2.45) is 0 Å². The molecule has 6 nitrogen and oxygen atoms in total. The van der Waals surface area contributed by atoms with Crippen molar-refractivity contribution in [3.8, 4) is 0 Å². The van der Waals surface area contributed by atoms with Gasteiger partial charge in [-0.05, 0) is 56.6 Å². The predicted molar refractivity (Wildman–Crippen MR) is 116 cm³/mol. The first-order valence-electron chi connectivity index (χ1n) is 10.6. The molecule has 1 aromatic heterocycles. The number of benzene rings is 1. The summed E-state index contributed by atoms with van der Waals surface area (Å²) < 4.78 is 1.93. The van der Waals surface area contributed by atoms with Crippen LogP contribution >= 0.6 is 0 Å². The SMILES string of the molecule is CCC(C)NC(=O)c1nc(C(=O)Nc2c(C)cccc2C(C)C)c2n1CCCC2. The van der Waals surface area contributed by atoms with E-state index in [2.05, 4.69) is 29.5 Å². The van der Waals surface area contributed by atoms with Crippen molar-refractivity contribution in [2.45, 2.75) is 78.8 Å². The maximum Gasteiger partial charge on any atom is 0.287 e. The van der Waals surface area contributed by atoms with Gasteiger partial charge in [0.2, 0.25) is 0 Å². The maximum atomic E-state index is 13.2. The number of fused-ring (bicyclic) bond motifs is 1. The minimum absolute atomic E-state index is 0.0666. The predicted octanol–water partition coefficient (Wildman–Crippen LogP) is 4.43. The zero-order chi connectivity index (χ0) is 21.1. The number of imidazole rings is 1. The molecule has 2 amide bonds. The summed E-state index contributed by atoms with van der Waals surface area (Å²) in [4.78, 5) is 30.5. The Kier molecular flexibility index (Phi) is 6.40. The van der Waals surface area contributed by atoms with Crippen LogP contribution in [0.1, 0.15) is 90.8 Å². The molecular formula is C23H32N4O2.